The number of thiazole rings is 1. The number of nitrogens with zero attached hydrogens (tertiary/aromatic N) is 2. The molecule has 0 atom stereocenters. The maximum absolute atomic E-state index is 12.5. The van der Waals surface area contributed by atoms with Gasteiger partial charge in [-0.15, -0.1) is 11.3 Å². The van der Waals surface area contributed by atoms with Crippen molar-refractivity contribution in [3.63, 3.8) is 0 Å². The molecular formula is C23H21Cl2N3O3S. The molecule has 3 heterocycles. The number of carbonyl (C=O) groups is 2. The van der Waals surface area contributed by atoms with Crippen LogP contribution in [0, 0.1) is 0 Å². The van der Waals surface area contributed by atoms with Crippen LogP contribution < -0.4 is 5.32 Å². The van der Waals surface area contributed by atoms with Gasteiger partial charge in [0.2, 0.25) is 11.8 Å². The molecule has 1 aliphatic rings. The zero-order valence-electron chi connectivity index (χ0n) is 17.1. The van der Waals surface area contributed by atoms with Crippen LogP contribution in [0.3, 0.4) is 0 Å². The van der Waals surface area contributed by atoms with Gasteiger partial charge in [0.15, 0.2) is 0 Å². The van der Waals surface area contributed by atoms with Crippen LogP contribution in [-0.2, 0) is 9.59 Å². The van der Waals surface area contributed by atoms with Gasteiger partial charge in [-0.1, -0.05) is 29.3 Å². The van der Waals surface area contributed by atoms with Crippen LogP contribution in [-0.4, -0.2) is 41.3 Å². The van der Waals surface area contributed by atoms with Gasteiger partial charge in [0.05, 0.1) is 33.6 Å². The summed E-state index contributed by atoms with van der Waals surface area (Å²) in [5, 5.41) is 6.75. The average Bonchev–Trinajstić information content (AvgIpc) is 3.50. The van der Waals surface area contributed by atoms with Gasteiger partial charge in [0.1, 0.15) is 5.76 Å². The Morgan fingerprint density at radius 3 is 2.75 bits per heavy atom. The first-order valence-corrected chi connectivity index (χ1v) is 11.8. The minimum absolute atomic E-state index is 0.0231. The van der Waals surface area contributed by atoms with Gasteiger partial charge >= 0.3 is 0 Å². The molecule has 1 aliphatic heterocycles. The summed E-state index contributed by atoms with van der Waals surface area (Å²) in [6.07, 6.45) is 6.13. The first-order chi connectivity index (χ1) is 15.5. The third kappa shape index (κ3) is 5.59. The second-order valence-corrected chi connectivity index (χ2v) is 9.13. The summed E-state index contributed by atoms with van der Waals surface area (Å²) in [5.41, 5.74) is 1.82. The number of amides is 2. The number of carbonyl (C=O) groups excluding carboxylic acids is 2. The topological polar surface area (TPSA) is 75.4 Å². The van der Waals surface area contributed by atoms with Gasteiger partial charge in [0.25, 0.3) is 0 Å². The normalized spacial score (nSPS) is 14.8. The molecule has 4 rings (SSSR count). The summed E-state index contributed by atoms with van der Waals surface area (Å²) >= 11 is 13.7. The molecule has 9 heteroatoms. The van der Waals surface area contributed by atoms with Crippen molar-refractivity contribution in [2.45, 2.75) is 18.8 Å². The fourth-order valence-corrected chi connectivity index (χ4v) is 4.81. The lowest BCUT2D eigenvalue weighted by atomic mass is 9.97. The lowest BCUT2D eigenvalue weighted by molar-refractivity contribution is -0.133. The van der Waals surface area contributed by atoms with Crippen molar-refractivity contribution in [3.8, 4) is 11.3 Å². The number of benzene rings is 1. The Morgan fingerprint density at radius 1 is 1.22 bits per heavy atom. The number of furan rings is 1. The molecule has 2 aromatic heterocycles. The number of hydrogen-bond acceptors (Lipinski definition) is 5. The van der Waals surface area contributed by atoms with E-state index >= 15 is 0 Å². The Balaban J connectivity index is 1.26. The summed E-state index contributed by atoms with van der Waals surface area (Å²) in [7, 11) is 0. The first-order valence-electron chi connectivity index (χ1n) is 10.2. The Hall–Kier alpha value is -2.61. The molecule has 32 heavy (non-hydrogen) atoms. The van der Waals surface area contributed by atoms with Crippen LogP contribution in [0.25, 0.3) is 17.3 Å². The van der Waals surface area contributed by atoms with E-state index in [0.29, 0.717) is 34.8 Å². The van der Waals surface area contributed by atoms with Crippen LogP contribution in [0.4, 0.5) is 0 Å². The molecule has 0 radical (unpaired) electrons. The van der Waals surface area contributed by atoms with Crippen molar-refractivity contribution in [2.75, 3.05) is 19.6 Å². The van der Waals surface area contributed by atoms with Gasteiger partial charge in [0, 0.05) is 36.0 Å². The highest BCUT2D eigenvalue weighted by Gasteiger charge is 2.26. The van der Waals surface area contributed by atoms with Crippen molar-refractivity contribution in [1.29, 1.82) is 0 Å². The quantitative estimate of drug-likeness (QED) is 0.480. The molecule has 1 N–H and O–H groups in total. The minimum Gasteiger partial charge on any atom is -0.465 e. The molecular weight excluding hydrogens is 469 g/mol. The Labute approximate surface area is 199 Å². The van der Waals surface area contributed by atoms with E-state index < -0.39 is 0 Å². The lowest BCUT2D eigenvalue weighted by Gasteiger charge is -2.31. The van der Waals surface area contributed by atoms with E-state index in [1.807, 2.05) is 17.5 Å². The number of likely N-dealkylation sites (tertiary alicyclic amines) is 1. The SMILES string of the molecule is O=C(/C=C\c1ccco1)NCC(=O)N1CCC(c2nc(-c3ccc(Cl)c(Cl)c3)cs2)CC1. The van der Waals surface area contributed by atoms with Crippen molar-refractivity contribution in [1.82, 2.24) is 15.2 Å². The van der Waals surface area contributed by atoms with Crippen molar-refractivity contribution in [3.05, 3.63) is 68.9 Å². The van der Waals surface area contributed by atoms with Gasteiger partial charge < -0.3 is 14.6 Å². The molecule has 0 bridgehead atoms. The maximum atomic E-state index is 12.5. The molecule has 2 amide bonds. The van der Waals surface area contributed by atoms with E-state index in [1.165, 1.54) is 12.3 Å². The largest absolute Gasteiger partial charge is 0.465 e. The van der Waals surface area contributed by atoms with E-state index in [0.717, 1.165) is 29.1 Å². The molecule has 3 aromatic rings. The second-order valence-electron chi connectivity index (χ2n) is 7.42. The molecule has 0 aliphatic carbocycles. The Kier molecular flexibility index (Phi) is 7.29. The Morgan fingerprint density at radius 2 is 2.03 bits per heavy atom. The van der Waals surface area contributed by atoms with E-state index in [-0.39, 0.29) is 18.4 Å². The van der Waals surface area contributed by atoms with Crippen molar-refractivity contribution < 1.29 is 14.0 Å². The molecule has 1 saturated heterocycles. The smallest absolute Gasteiger partial charge is 0.244 e. The zero-order chi connectivity index (χ0) is 22.5. The predicted molar refractivity (Wildman–Crippen MR) is 127 cm³/mol. The number of piperidine rings is 1. The number of nitrogens with one attached hydrogen (secondary N) is 1. The van der Waals surface area contributed by atoms with Crippen LogP contribution in [0.2, 0.25) is 10.0 Å². The lowest BCUT2D eigenvalue weighted by Crippen LogP contribution is -2.43. The van der Waals surface area contributed by atoms with Crippen molar-refractivity contribution in [2.24, 2.45) is 0 Å². The van der Waals surface area contributed by atoms with Crippen LogP contribution in [0.1, 0.15) is 29.5 Å². The van der Waals surface area contributed by atoms with Gasteiger partial charge in [-0.2, -0.15) is 0 Å². The highest BCUT2D eigenvalue weighted by Crippen LogP contribution is 2.34. The predicted octanol–water partition coefficient (Wildman–Crippen LogP) is 5.25. The third-order valence-corrected chi connectivity index (χ3v) is 7.04. The molecule has 0 unspecified atom stereocenters. The van der Waals surface area contributed by atoms with Crippen LogP contribution in [0.15, 0.2) is 52.5 Å². The van der Waals surface area contributed by atoms with Crippen LogP contribution in [0.5, 0.6) is 0 Å². The van der Waals surface area contributed by atoms with Crippen molar-refractivity contribution >= 4 is 52.4 Å². The summed E-state index contributed by atoms with van der Waals surface area (Å²) in [4.78, 5) is 30.9. The molecule has 1 aromatic carbocycles. The first kappa shape index (κ1) is 22.6. The van der Waals surface area contributed by atoms with Gasteiger partial charge in [-0.25, -0.2) is 4.98 Å². The molecule has 0 spiro atoms. The number of hydrogen-bond donors (Lipinski definition) is 1. The highest BCUT2D eigenvalue weighted by atomic mass is 35.5. The Bertz CT molecular complexity index is 1120. The zero-order valence-corrected chi connectivity index (χ0v) is 19.4. The highest BCUT2D eigenvalue weighted by molar-refractivity contribution is 7.10. The summed E-state index contributed by atoms with van der Waals surface area (Å²) in [5.74, 6) is 0.477. The number of rotatable bonds is 6. The van der Waals surface area contributed by atoms with E-state index in [9.17, 15) is 9.59 Å². The fourth-order valence-electron chi connectivity index (χ4n) is 3.52. The summed E-state index contributed by atoms with van der Waals surface area (Å²) in [6, 6.07) is 8.99. The molecule has 0 saturated carbocycles. The van der Waals surface area contributed by atoms with Crippen LogP contribution >= 0.6 is 34.5 Å². The fraction of sp³-hybridized carbons (Fsp3) is 0.261. The third-order valence-electron chi connectivity index (χ3n) is 5.29. The number of halogens is 2. The van der Waals surface area contributed by atoms with E-state index in [4.69, 9.17) is 32.6 Å². The monoisotopic (exact) mass is 489 g/mol. The summed E-state index contributed by atoms with van der Waals surface area (Å²) in [6.45, 7) is 1.26. The average molecular weight is 490 g/mol. The van der Waals surface area contributed by atoms with Gasteiger partial charge in [-0.05, 0) is 43.2 Å². The minimum atomic E-state index is -0.331. The molecule has 1 fully saturated rings. The number of aromatic nitrogens is 1. The van der Waals surface area contributed by atoms with E-state index in [2.05, 4.69) is 5.32 Å². The second kappa shape index (κ2) is 10.3. The van der Waals surface area contributed by atoms with E-state index in [1.54, 1.807) is 40.5 Å². The standard InChI is InChI=1S/C23H21Cl2N3O3S/c24-18-5-3-16(12-19(18)25)20-14-32-23(27-20)15-7-9-28(10-8-15)22(30)13-26-21(29)6-4-17-2-1-11-31-17/h1-6,11-12,14-15H,7-10,13H2,(H,26,29)/b6-4-. The molecule has 6 nitrogen and oxygen atoms in total. The van der Waals surface area contributed by atoms with Gasteiger partial charge in [-0.3, -0.25) is 9.59 Å². The maximum Gasteiger partial charge on any atom is 0.244 e. The molecule has 166 valence electrons. The summed E-state index contributed by atoms with van der Waals surface area (Å²) < 4.78 is 5.13.